The Labute approximate surface area is 127 Å². The van der Waals surface area contributed by atoms with Gasteiger partial charge in [0.05, 0.1) is 0 Å². The van der Waals surface area contributed by atoms with E-state index in [1.807, 2.05) is 0 Å². The molecular formula is C18H38N2. The van der Waals surface area contributed by atoms with Crippen LogP contribution in [0.5, 0.6) is 0 Å². The summed E-state index contributed by atoms with van der Waals surface area (Å²) in [5.74, 6) is 0. The molecule has 0 radical (unpaired) electrons. The van der Waals surface area contributed by atoms with E-state index in [1.165, 1.54) is 84.2 Å². The molecule has 0 aromatic heterocycles. The third-order valence-electron chi connectivity index (χ3n) is 4.56. The molecule has 0 aromatic carbocycles. The smallest absolute Gasteiger partial charge is 0.0110 e. The molecule has 2 nitrogen and oxygen atoms in total. The molecule has 0 N–H and O–H groups in total. The number of nitrogens with zero attached hydrogens (tertiary/aromatic N) is 2. The fourth-order valence-electron chi connectivity index (χ4n) is 3.03. The minimum absolute atomic E-state index is 0.528. The summed E-state index contributed by atoms with van der Waals surface area (Å²) in [5, 5.41) is 0. The van der Waals surface area contributed by atoms with Gasteiger partial charge in [-0.15, -0.1) is 0 Å². The molecule has 0 aromatic rings. The van der Waals surface area contributed by atoms with Crippen molar-refractivity contribution in [2.24, 2.45) is 5.41 Å². The Bertz CT molecular complexity index is 224. The Kier molecular flexibility index (Phi) is 8.79. The summed E-state index contributed by atoms with van der Waals surface area (Å²) in [6.45, 7) is 17.0. The van der Waals surface area contributed by atoms with Gasteiger partial charge in [-0.1, -0.05) is 59.8 Å². The zero-order valence-electron chi connectivity index (χ0n) is 14.6. The van der Waals surface area contributed by atoms with E-state index in [0.29, 0.717) is 5.41 Å². The normalized spacial score (nSPS) is 18.6. The summed E-state index contributed by atoms with van der Waals surface area (Å²) in [6.07, 6.45) is 9.97. The van der Waals surface area contributed by atoms with Gasteiger partial charge in [0.25, 0.3) is 0 Å². The molecule has 0 amide bonds. The van der Waals surface area contributed by atoms with Gasteiger partial charge in [0.1, 0.15) is 0 Å². The molecule has 1 aliphatic heterocycles. The quantitative estimate of drug-likeness (QED) is 0.578. The van der Waals surface area contributed by atoms with Crippen molar-refractivity contribution in [3.05, 3.63) is 0 Å². The standard InChI is InChI=1S/C18H38N2/c1-5-19-14-16-20(17-15-19)13-11-9-7-6-8-10-12-18(2,3)4/h5-17H2,1-4H3. The fraction of sp³-hybridized carbons (Fsp3) is 1.00. The maximum absolute atomic E-state index is 2.66. The summed E-state index contributed by atoms with van der Waals surface area (Å²) < 4.78 is 0. The van der Waals surface area contributed by atoms with Crippen LogP contribution in [-0.2, 0) is 0 Å². The Balaban J connectivity index is 1.86. The number of hydrogen-bond donors (Lipinski definition) is 0. The summed E-state index contributed by atoms with van der Waals surface area (Å²) >= 11 is 0. The largest absolute Gasteiger partial charge is 0.301 e. The molecule has 0 aliphatic carbocycles. The van der Waals surface area contributed by atoms with Crippen LogP contribution in [0.4, 0.5) is 0 Å². The van der Waals surface area contributed by atoms with Crippen LogP contribution in [0, 0.1) is 5.41 Å². The van der Waals surface area contributed by atoms with Gasteiger partial charge in [-0.25, -0.2) is 0 Å². The van der Waals surface area contributed by atoms with Crippen LogP contribution in [0.3, 0.4) is 0 Å². The van der Waals surface area contributed by atoms with E-state index in [9.17, 15) is 0 Å². The maximum atomic E-state index is 2.66. The first-order valence-corrected chi connectivity index (χ1v) is 8.96. The monoisotopic (exact) mass is 282 g/mol. The highest BCUT2D eigenvalue weighted by atomic mass is 15.3. The molecule has 0 unspecified atom stereocenters. The minimum Gasteiger partial charge on any atom is -0.301 e. The molecule has 1 rings (SSSR count). The molecule has 0 bridgehead atoms. The van der Waals surface area contributed by atoms with Crippen molar-refractivity contribution in [2.75, 3.05) is 39.3 Å². The first-order chi connectivity index (χ1) is 9.51. The van der Waals surface area contributed by atoms with Gasteiger partial charge in [-0.05, 0) is 31.3 Å². The van der Waals surface area contributed by atoms with Crippen LogP contribution < -0.4 is 0 Å². The molecule has 120 valence electrons. The molecule has 1 fully saturated rings. The van der Waals surface area contributed by atoms with Crippen molar-refractivity contribution in [3.63, 3.8) is 0 Å². The Morgan fingerprint density at radius 2 is 1.20 bits per heavy atom. The van der Waals surface area contributed by atoms with Crippen molar-refractivity contribution in [1.29, 1.82) is 0 Å². The van der Waals surface area contributed by atoms with Crippen LogP contribution in [0.15, 0.2) is 0 Å². The van der Waals surface area contributed by atoms with Crippen molar-refractivity contribution >= 4 is 0 Å². The third-order valence-corrected chi connectivity index (χ3v) is 4.56. The second kappa shape index (κ2) is 9.78. The lowest BCUT2D eigenvalue weighted by Crippen LogP contribution is -2.46. The Morgan fingerprint density at radius 1 is 0.700 bits per heavy atom. The summed E-state index contributed by atoms with van der Waals surface area (Å²) in [6, 6.07) is 0. The van der Waals surface area contributed by atoms with E-state index in [1.54, 1.807) is 0 Å². The minimum atomic E-state index is 0.528. The van der Waals surface area contributed by atoms with Crippen LogP contribution in [0.1, 0.15) is 72.6 Å². The van der Waals surface area contributed by atoms with E-state index in [2.05, 4.69) is 37.5 Å². The van der Waals surface area contributed by atoms with E-state index < -0.39 is 0 Å². The predicted octanol–water partition coefficient (Wildman–Crippen LogP) is 4.40. The number of unbranched alkanes of at least 4 members (excludes halogenated alkanes) is 5. The zero-order valence-corrected chi connectivity index (χ0v) is 14.6. The van der Waals surface area contributed by atoms with Crippen molar-refractivity contribution in [3.8, 4) is 0 Å². The molecular weight excluding hydrogens is 244 g/mol. The lowest BCUT2D eigenvalue weighted by atomic mass is 9.89. The number of piperazine rings is 1. The number of hydrogen-bond acceptors (Lipinski definition) is 2. The SMILES string of the molecule is CCN1CCN(CCCCCCCCC(C)(C)C)CC1. The zero-order chi connectivity index (χ0) is 14.8. The molecule has 0 saturated carbocycles. The van der Waals surface area contributed by atoms with E-state index >= 15 is 0 Å². The second-order valence-corrected chi connectivity index (χ2v) is 7.71. The summed E-state index contributed by atoms with van der Waals surface area (Å²) in [7, 11) is 0. The lowest BCUT2D eigenvalue weighted by Gasteiger charge is -2.33. The van der Waals surface area contributed by atoms with Crippen LogP contribution >= 0.6 is 0 Å². The van der Waals surface area contributed by atoms with Gasteiger partial charge in [0.2, 0.25) is 0 Å². The van der Waals surface area contributed by atoms with Gasteiger partial charge < -0.3 is 9.80 Å². The topological polar surface area (TPSA) is 6.48 Å². The average Bonchev–Trinajstić information content (AvgIpc) is 2.41. The first kappa shape index (κ1) is 18.0. The second-order valence-electron chi connectivity index (χ2n) is 7.71. The fourth-order valence-corrected chi connectivity index (χ4v) is 3.03. The highest BCUT2D eigenvalue weighted by molar-refractivity contribution is 4.70. The van der Waals surface area contributed by atoms with Crippen molar-refractivity contribution in [2.45, 2.75) is 72.6 Å². The van der Waals surface area contributed by atoms with Crippen LogP contribution in [0.25, 0.3) is 0 Å². The van der Waals surface area contributed by atoms with E-state index in [0.717, 1.165) is 0 Å². The molecule has 1 saturated heterocycles. The van der Waals surface area contributed by atoms with Crippen molar-refractivity contribution < 1.29 is 0 Å². The Hall–Kier alpha value is -0.0800. The predicted molar refractivity (Wildman–Crippen MR) is 90.3 cm³/mol. The molecule has 0 spiro atoms. The Morgan fingerprint density at radius 3 is 1.75 bits per heavy atom. The van der Waals surface area contributed by atoms with Crippen LogP contribution in [0.2, 0.25) is 0 Å². The van der Waals surface area contributed by atoms with Crippen molar-refractivity contribution in [1.82, 2.24) is 9.80 Å². The highest BCUT2D eigenvalue weighted by Crippen LogP contribution is 2.22. The van der Waals surface area contributed by atoms with Crippen LogP contribution in [-0.4, -0.2) is 49.1 Å². The number of rotatable bonds is 9. The van der Waals surface area contributed by atoms with Gasteiger partial charge in [0.15, 0.2) is 0 Å². The summed E-state index contributed by atoms with van der Waals surface area (Å²) in [5.41, 5.74) is 0.528. The van der Waals surface area contributed by atoms with Gasteiger partial charge in [0, 0.05) is 26.2 Å². The van der Waals surface area contributed by atoms with E-state index in [4.69, 9.17) is 0 Å². The summed E-state index contributed by atoms with van der Waals surface area (Å²) in [4.78, 5) is 5.22. The molecule has 0 atom stereocenters. The van der Waals surface area contributed by atoms with Gasteiger partial charge in [-0.2, -0.15) is 0 Å². The number of likely N-dealkylation sites (N-methyl/N-ethyl adjacent to an activating group) is 1. The maximum Gasteiger partial charge on any atom is 0.0110 e. The average molecular weight is 283 g/mol. The highest BCUT2D eigenvalue weighted by Gasteiger charge is 2.14. The lowest BCUT2D eigenvalue weighted by molar-refractivity contribution is 0.135. The first-order valence-electron chi connectivity index (χ1n) is 8.96. The van der Waals surface area contributed by atoms with Gasteiger partial charge >= 0.3 is 0 Å². The molecule has 1 heterocycles. The third kappa shape index (κ3) is 8.97. The molecule has 20 heavy (non-hydrogen) atoms. The van der Waals surface area contributed by atoms with Gasteiger partial charge in [-0.3, -0.25) is 0 Å². The molecule has 2 heteroatoms. The van der Waals surface area contributed by atoms with E-state index in [-0.39, 0.29) is 0 Å². The molecule has 1 aliphatic rings.